The van der Waals surface area contributed by atoms with Crippen molar-refractivity contribution in [2.24, 2.45) is 5.73 Å². The zero-order valence-electron chi connectivity index (χ0n) is 7.38. The second-order valence-electron chi connectivity index (χ2n) is 3.14. The van der Waals surface area contributed by atoms with Crippen LogP contribution in [0.5, 0.6) is 0 Å². The van der Waals surface area contributed by atoms with Crippen LogP contribution in [0.2, 0.25) is 0 Å². The van der Waals surface area contributed by atoms with E-state index in [-0.39, 0.29) is 5.91 Å². The summed E-state index contributed by atoms with van der Waals surface area (Å²) in [6, 6.07) is 0. The maximum Gasteiger partial charge on any atom is 0.244 e. The number of carbonyl (C=O) groups is 1. The summed E-state index contributed by atoms with van der Waals surface area (Å²) in [6.07, 6.45) is 5.49. The summed E-state index contributed by atoms with van der Waals surface area (Å²) in [4.78, 5) is 10.6. The molecule has 12 heavy (non-hydrogen) atoms. The number of ether oxygens (including phenoxy) is 1. The minimum atomic E-state index is -0.322. The van der Waals surface area contributed by atoms with E-state index >= 15 is 0 Å². The Balaban J connectivity index is 2.05. The Hall–Kier alpha value is -0.830. The van der Waals surface area contributed by atoms with Crippen LogP contribution in [0, 0.1) is 0 Å². The van der Waals surface area contributed by atoms with Gasteiger partial charge in [0.05, 0.1) is 12.7 Å². The van der Waals surface area contributed by atoms with Gasteiger partial charge in [-0.1, -0.05) is 6.08 Å². The van der Waals surface area contributed by atoms with E-state index in [1.165, 1.54) is 0 Å². The molecule has 3 heteroatoms. The Kier molecular flexibility index (Phi) is 3.29. The summed E-state index contributed by atoms with van der Waals surface area (Å²) < 4.78 is 5.05. The molecule has 1 fully saturated rings. The molecule has 0 saturated carbocycles. The number of primary amides is 1. The molecule has 0 aliphatic carbocycles. The highest BCUT2D eigenvalue weighted by atomic mass is 16.6. The molecule has 2 N–H and O–H groups in total. The number of epoxide rings is 1. The Morgan fingerprint density at radius 2 is 2.42 bits per heavy atom. The fourth-order valence-corrected chi connectivity index (χ4v) is 0.999. The number of rotatable bonds is 5. The fourth-order valence-electron chi connectivity index (χ4n) is 0.999. The molecule has 0 aromatic heterocycles. The highest BCUT2D eigenvalue weighted by molar-refractivity contribution is 5.91. The van der Waals surface area contributed by atoms with Crippen molar-refractivity contribution < 1.29 is 9.53 Å². The maximum atomic E-state index is 10.6. The van der Waals surface area contributed by atoms with Gasteiger partial charge in [-0.3, -0.25) is 4.79 Å². The van der Waals surface area contributed by atoms with E-state index < -0.39 is 0 Å². The van der Waals surface area contributed by atoms with Gasteiger partial charge in [0.25, 0.3) is 0 Å². The van der Waals surface area contributed by atoms with Gasteiger partial charge in [-0.05, 0) is 26.2 Å². The molecule has 1 aliphatic heterocycles. The van der Waals surface area contributed by atoms with Crippen LogP contribution in [0.1, 0.15) is 26.2 Å². The van der Waals surface area contributed by atoms with Crippen molar-refractivity contribution in [3.63, 3.8) is 0 Å². The van der Waals surface area contributed by atoms with Gasteiger partial charge in [0, 0.05) is 5.57 Å². The third-order valence-corrected chi connectivity index (χ3v) is 1.97. The molecule has 1 rings (SSSR count). The van der Waals surface area contributed by atoms with Crippen LogP contribution >= 0.6 is 0 Å². The van der Waals surface area contributed by atoms with Gasteiger partial charge in [-0.15, -0.1) is 0 Å². The van der Waals surface area contributed by atoms with Gasteiger partial charge in [-0.25, -0.2) is 0 Å². The molecular weight excluding hydrogens is 154 g/mol. The average molecular weight is 169 g/mol. The minimum Gasteiger partial charge on any atom is -0.373 e. The second-order valence-corrected chi connectivity index (χ2v) is 3.14. The Labute approximate surface area is 72.6 Å². The molecule has 0 aromatic carbocycles. The molecule has 0 bridgehead atoms. The quantitative estimate of drug-likeness (QED) is 0.379. The van der Waals surface area contributed by atoms with Crippen molar-refractivity contribution >= 4 is 5.91 Å². The Bertz CT molecular complexity index is 195. The molecule has 1 aliphatic rings. The van der Waals surface area contributed by atoms with Gasteiger partial charge in [0.1, 0.15) is 0 Å². The first-order chi connectivity index (χ1) is 5.70. The van der Waals surface area contributed by atoms with Gasteiger partial charge < -0.3 is 10.5 Å². The zero-order chi connectivity index (χ0) is 8.97. The lowest BCUT2D eigenvalue weighted by atomic mass is 10.1. The van der Waals surface area contributed by atoms with E-state index in [0.29, 0.717) is 11.7 Å². The van der Waals surface area contributed by atoms with E-state index in [0.717, 1.165) is 25.9 Å². The summed E-state index contributed by atoms with van der Waals surface area (Å²) in [5.41, 5.74) is 5.72. The number of unbranched alkanes of at least 4 members (excludes halogenated alkanes) is 1. The summed E-state index contributed by atoms with van der Waals surface area (Å²) in [7, 11) is 0. The van der Waals surface area contributed by atoms with Crippen LogP contribution in [-0.2, 0) is 9.53 Å². The van der Waals surface area contributed by atoms with E-state index in [9.17, 15) is 4.79 Å². The monoisotopic (exact) mass is 169 g/mol. The lowest BCUT2D eigenvalue weighted by molar-refractivity contribution is -0.114. The second kappa shape index (κ2) is 4.26. The molecule has 1 heterocycles. The molecule has 1 saturated heterocycles. The number of amides is 1. The standard InChI is InChI=1S/C9H15NO2/c1-7(9(10)11)4-2-3-5-8-6-12-8/h4,8H,2-3,5-6H2,1H3,(H2,10,11). The summed E-state index contributed by atoms with van der Waals surface area (Å²) in [5, 5.41) is 0. The zero-order valence-corrected chi connectivity index (χ0v) is 7.38. The first kappa shape index (κ1) is 9.26. The number of nitrogens with two attached hydrogens (primary N) is 1. The van der Waals surface area contributed by atoms with Crippen LogP contribution < -0.4 is 5.73 Å². The SMILES string of the molecule is CC(=CCCCC1CO1)C(N)=O. The van der Waals surface area contributed by atoms with Crippen molar-refractivity contribution in [3.05, 3.63) is 11.6 Å². The van der Waals surface area contributed by atoms with E-state index in [2.05, 4.69) is 0 Å². The molecule has 1 atom stereocenters. The van der Waals surface area contributed by atoms with Crippen LogP contribution in [-0.4, -0.2) is 18.6 Å². The smallest absolute Gasteiger partial charge is 0.244 e. The molecule has 68 valence electrons. The third kappa shape index (κ3) is 3.53. The number of allylic oxidation sites excluding steroid dienone is 1. The Morgan fingerprint density at radius 1 is 1.75 bits per heavy atom. The molecule has 0 spiro atoms. The van der Waals surface area contributed by atoms with E-state index in [1.54, 1.807) is 6.92 Å². The number of carbonyl (C=O) groups excluding carboxylic acids is 1. The topological polar surface area (TPSA) is 55.6 Å². The van der Waals surface area contributed by atoms with Gasteiger partial charge >= 0.3 is 0 Å². The van der Waals surface area contributed by atoms with E-state index in [1.807, 2.05) is 6.08 Å². The number of hydrogen-bond acceptors (Lipinski definition) is 2. The predicted octanol–water partition coefficient (Wildman–Crippen LogP) is 0.987. The van der Waals surface area contributed by atoms with Crippen molar-refractivity contribution in [1.29, 1.82) is 0 Å². The lowest BCUT2D eigenvalue weighted by Gasteiger charge is -1.94. The molecule has 0 aromatic rings. The maximum absolute atomic E-state index is 10.6. The van der Waals surface area contributed by atoms with Crippen LogP contribution in [0.4, 0.5) is 0 Å². The van der Waals surface area contributed by atoms with Crippen molar-refractivity contribution in [1.82, 2.24) is 0 Å². The molecule has 0 radical (unpaired) electrons. The number of hydrogen-bond donors (Lipinski definition) is 1. The first-order valence-electron chi connectivity index (χ1n) is 4.28. The van der Waals surface area contributed by atoms with Gasteiger partial charge in [0.2, 0.25) is 5.91 Å². The highest BCUT2D eigenvalue weighted by Gasteiger charge is 2.20. The molecule has 3 nitrogen and oxygen atoms in total. The fraction of sp³-hybridized carbons (Fsp3) is 0.667. The Morgan fingerprint density at radius 3 is 2.92 bits per heavy atom. The largest absolute Gasteiger partial charge is 0.373 e. The van der Waals surface area contributed by atoms with Crippen molar-refractivity contribution in [3.8, 4) is 0 Å². The first-order valence-corrected chi connectivity index (χ1v) is 4.28. The lowest BCUT2D eigenvalue weighted by Crippen LogP contribution is -2.11. The van der Waals surface area contributed by atoms with Crippen molar-refractivity contribution in [2.75, 3.05) is 6.61 Å². The summed E-state index contributed by atoms with van der Waals surface area (Å²) in [5.74, 6) is -0.322. The van der Waals surface area contributed by atoms with E-state index in [4.69, 9.17) is 10.5 Å². The average Bonchev–Trinajstić information content (AvgIpc) is 2.80. The minimum absolute atomic E-state index is 0.322. The predicted molar refractivity (Wildman–Crippen MR) is 46.5 cm³/mol. The normalized spacial score (nSPS) is 22.4. The highest BCUT2D eigenvalue weighted by Crippen LogP contribution is 2.16. The summed E-state index contributed by atoms with van der Waals surface area (Å²) >= 11 is 0. The van der Waals surface area contributed by atoms with Crippen molar-refractivity contribution in [2.45, 2.75) is 32.3 Å². The van der Waals surface area contributed by atoms with Crippen LogP contribution in [0.3, 0.4) is 0 Å². The third-order valence-electron chi connectivity index (χ3n) is 1.97. The molecular formula is C9H15NO2. The molecule has 1 amide bonds. The van der Waals surface area contributed by atoms with Gasteiger partial charge in [0.15, 0.2) is 0 Å². The van der Waals surface area contributed by atoms with Gasteiger partial charge in [-0.2, -0.15) is 0 Å². The molecule has 1 unspecified atom stereocenters. The van der Waals surface area contributed by atoms with Crippen LogP contribution in [0.15, 0.2) is 11.6 Å². The van der Waals surface area contributed by atoms with Crippen LogP contribution in [0.25, 0.3) is 0 Å². The summed E-state index contributed by atoms with van der Waals surface area (Å²) in [6.45, 7) is 2.66.